The summed E-state index contributed by atoms with van der Waals surface area (Å²) in [6.45, 7) is 6.75. The van der Waals surface area contributed by atoms with Gasteiger partial charge in [0.2, 0.25) is 0 Å². The molecule has 3 heteroatoms. The maximum Gasteiger partial charge on any atom is 0.00430 e. The van der Waals surface area contributed by atoms with Crippen LogP contribution in [0, 0.1) is 0 Å². The fraction of sp³-hybridized carbons (Fsp3) is 1.00. The summed E-state index contributed by atoms with van der Waals surface area (Å²) in [5, 5.41) is 4.40. The van der Waals surface area contributed by atoms with Crippen molar-refractivity contribution < 1.29 is 32.7 Å². The van der Waals surface area contributed by atoms with Gasteiger partial charge < -0.3 is 5.32 Å². The van der Waals surface area contributed by atoms with Crippen molar-refractivity contribution in [3.63, 3.8) is 0 Å². The van der Waals surface area contributed by atoms with E-state index in [1.807, 2.05) is 0 Å². The van der Waals surface area contributed by atoms with Crippen molar-refractivity contribution in [2.24, 2.45) is 0 Å². The van der Waals surface area contributed by atoms with Gasteiger partial charge in [0.05, 0.1) is 0 Å². The van der Waals surface area contributed by atoms with Gasteiger partial charge >= 0.3 is 0 Å². The molecule has 3 fully saturated rings. The number of hydrogen-bond acceptors (Lipinski definition) is 1. The molecule has 0 saturated carbocycles. The normalized spacial score (nSPS) is 36.3. The standard InChI is InChI=1S/C8H15N2.Y/c1-6(2)10-7-3-8(10)5-9-4-7;/h6-8H,3-5H2,1-2H3;/q-1;. The summed E-state index contributed by atoms with van der Waals surface area (Å²) >= 11 is 0. The van der Waals surface area contributed by atoms with Crippen molar-refractivity contribution in [1.82, 2.24) is 4.90 Å². The Hall–Kier alpha value is 1.02. The molecule has 2 atom stereocenters. The molecule has 0 aromatic heterocycles. The molecule has 2 nitrogen and oxygen atoms in total. The number of rotatable bonds is 1. The molecule has 1 radical (unpaired) electrons. The molecule has 3 heterocycles. The average molecular weight is 228 g/mol. The average Bonchev–Trinajstić information content (AvgIpc) is 1.87. The van der Waals surface area contributed by atoms with Crippen molar-refractivity contribution in [1.29, 1.82) is 0 Å². The zero-order valence-electron chi connectivity index (χ0n) is 7.33. The summed E-state index contributed by atoms with van der Waals surface area (Å²) in [6, 6.07) is 2.34. The predicted octanol–water partition coefficient (Wildman–Crippen LogP) is 1.22. The Labute approximate surface area is 94.0 Å². The number of nitrogens with zero attached hydrogens (tertiary/aromatic N) is 2. The molecule has 0 spiro atoms. The zero-order chi connectivity index (χ0) is 7.14. The first-order valence-corrected chi connectivity index (χ1v) is 4.19. The van der Waals surface area contributed by atoms with Crippen molar-refractivity contribution in [3.05, 3.63) is 5.32 Å². The second-order valence-corrected chi connectivity index (χ2v) is 3.67. The van der Waals surface area contributed by atoms with Crippen LogP contribution in [0.4, 0.5) is 0 Å². The molecule has 2 unspecified atom stereocenters. The minimum atomic E-state index is 0. The third-order valence-electron chi connectivity index (χ3n) is 2.66. The predicted molar refractivity (Wildman–Crippen MR) is 42.3 cm³/mol. The van der Waals surface area contributed by atoms with Gasteiger partial charge in [-0.25, -0.2) is 0 Å². The van der Waals surface area contributed by atoms with Crippen LogP contribution in [0.1, 0.15) is 20.3 Å². The van der Waals surface area contributed by atoms with Crippen LogP contribution in [0.3, 0.4) is 0 Å². The molecule has 3 aliphatic heterocycles. The van der Waals surface area contributed by atoms with E-state index in [0.717, 1.165) is 31.2 Å². The number of hydrogen-bond donors (Lipinski definition) is 0. The zero-order valence-corrected chi connectivity index (χ0v) is 10.2. The van der Waals surface area contributed by atoms with Gasteiger partial charge in [0.15, 0.2) is 0 Å². The van der Waals surface area contributed by atoms with Crippen LogP contribution in [0.15, 0.2) is 0 Å². The van der Waals surface area contributed by atoms with Crippen molar-refractivity contribution in [2.45, 2.75) is 38.4 Å². The molecule has 3 saturated heterocycles. The minimum absolute atomic E-state index is 0. The monoisotopic (exact) mass is 228 g/mol. The first kappa shape index (κ1) is 10.1. The number of fused-ring (bicyclic) bond motifs is 2. The first-order valence-electron chi connectivity index (χ1n) is 4.19. The summed E-state index contributed by atoms with van der Waals surface area (Å²) < 4.78 is 0. The largest absolute Gasteiger partial charge is 0.660 e. The molecule has 0 aliphatic carbocycles. The molecular weight excluding hydrogens is 213 g/mol. The fourth-order valence-electron chi connectivity index (χ4n) is 2.27. The Morgan fingerprint density at radius 3 is 2.09 bits per heavy atom. The van der Waals surface area contributed by atoms with Crippen LogP contribution in [0.2, 0.25) is 0 Å². The van der Waals surface area contributed by atoms with Crippen LogP contribution in [0.25, 0.3) is 5.32 Å². The molecule has 3 aliphatic rings. The van der Waals surface area contributed by atoms with Crippen molar-refractivity contribution in [3.8, 4) is 0 Å². The number of piperazine rings is 1. The van der Waals surface area contributed by atoms with Crippen LogP contribution >= 0.6 is 0 Å². The molecular formula is C8H15N2Y-. The molecule has 11 heavy (non-hydrogen) atoms. The van der Waals surface area contributed by atoms with E-state index in [-0.39, 0.29) is 32.7 Å². The topological polar surface area (TPSA) is 17.3 Å². The summed E-state index contributed by atoms with van der Waals surface area (Å²) in [5.74, 6) is 0. The van der Waals surface area contributed by atoms with Gasteiger partial charge in [-0.1, -0.05) is 0 Å². The Balaban J connectivity index is 0.000000605. The molecule has 3 rings (SSSR count). The van der Waals surface area contributed by atoms with Gasteiger partial charge in [-0.15, -0.1) is 13.1 Å². The third kappa shape index (κ3) is 1.69. The third-order valence-corrected chi connectivity index (χ3v) is 2.66. The van der Waals surface area contributed by atoms with E-state index in [9.17, 15) is 0 Å². The minimum Gasteiger partial charge on any atom is -0.660 e. The second-order valence-electron chi connectivity index (χ2n) is 3.67. The summed E-state index contributed by atoms with van der Waals surface area (Å²) in [6.07, 6.45) is 1.40. The van der Waals surface area contributed by atoms with E-state index >= 15 is 0 Å². The molecule has 61 valence electrons. The van der Waals surface area contributed by atoms with Gasteiger partial charge in [-0.05, 0) is 32.4 Å². The van der Waals surface area contributed by atoms with Gasteiger partial charge in [0.25, 0.3) is 0 Å². The van der Waals surface area contributed by atoms with E-state index in [2.05, 4.69) is 24.1 Å². The van der Waals surface area contributed by atoms with Gasteiger partial charge in [0, 0.05) is 38.8 Å². The maximum atomic E-state index is 4.40. The Bertz CT molecular complexity index is 124. The van der Waals surface area contributed by atoms with E-state index in [4.69, 9.17) is 0 Å². The van der Waals surface area contributed by atoms with E-state index in [0.29, 0.717) is 0 Å². The number of piperidine rings is 1. The van der Waals surface area contributed by atoms with Gasteiger partial charge in [-0.3, -0.25) is 4.90 Å². The van der Waals surface area contributed by atoms with Crippen LogP contribution in [-0.2, 0) is 32.7 Å². The van der Waals surface area contributed by atoms with E-state index in [1.54, 1.807) is 0 Å². The summed E-state index contributed by atoms with van der Waals surface area (Å²) in [5.41, 5.74) is 0. The molecule has 0 amide bonds. The second kappa shape index (κ2) is 3.82. The molecule has 0 N–H and O–H groups in total. The Morgan fingerprint density at radius 2 is 1.82 bits per heavy atom. The van der Waals surface area contributed by atoms with Crippen molar-refractivity contribution >= 4 is 0 Å². The Kier molecular flexibility index (Phi) is 3.51. The van der Waals surface area contributed by atoms with Crippen molar-refractivity contribution in [2.75, 3.05) is 13.1 Å². The van der Waals surface area contributed by atoms with Crippen LogP contribution < -0.4 is 0 Å². The molecule has 0 aromatic rings. The SMILES string of the molecule is CC(C)N1C2C[N-]CC1C2.[Y]. The van der Waals surface area contributed by atoms with E-state index in [1.165, 1.54) is 6.42 Å². The first-order chi connectivity index (χ1) is 4.79. The quantitative estimate of drug-likeness (QED) is 0.659. The van der Waals surface area contributed by atoms with E-state index < -0.39 is 0 Å². The van der Waals surface area contributed by atoms with Crippen LogP contribution in [-0.4, -0.2) is 36.1 Å². The maximum absolute atomic E-state index is 4.40. The molecule has 2 bridgehead atoms. The summed E-state index contributed by atoms with van der Waals surface area (Å²) in [7, 11) is 0. The molecule has 0 aromatic carbocycles. The van der Waals surface area contributed by atoms with Gasteiger partial charge in [0.1, 0.15) is 0 Å². The van der Waals surface area contributed by atoms with Crippen LogP contribution in [0.5, 0.6) is 0 Å². The van der Waals surface area contributed by atoms with Gasteiger partial charge in [-0.2, -0.15) is 0 Å². The Morgan fingerprint density at radius 1 is 1.27 bits per heavy atom. The summed E-state index contributed by atoms with van der Waals surface area (Å²) in [4.78, 5) is 2.60. The smallest absolute Gasteiger partial charge is 0.00430 e. The fourth-order valence-corrected chi connectivity index (χ4v) is 2.27.